The average molecular weight is 359 g/mol. The topological polar surface area (TPSA) is 13.1 Å². The van der Waals surface area contributed by atoms with Gasteiger partial charge in [0.25, 0.3) is 0 Å². The number of rotatable bonds is 0. The summed E-state index contributed by atoms with van der Waals surface area (Å²) in [6.45, 7) is 22.4. The molecule has 140 valence electrons. The van der Waals surface area contributed by atoms with Crippen molar-refractivity contribution < 1.29 is 4.42 Å². The number of furan rings is 1. The normalized spacial score (nSPS) is 12.1. The first-order valence-corrected chi connectivity index (χ1v) is 9.91. The van der Waals surface area contributed by atoms with E-state index in [4.69, 9.17) is 4.42 Å². The molecular weight excluding hydrogens is 328 g/mol. The monoisotopic (exact) mass is 358 g/mol. The molecule has 0 N–H and O–H groups in total. The molecule has 0 bridgehead atoms. The van der Waals surface area contributed by atoms with Gasteiger partial charge in [0.15, 0.2) is 0 Å². The second-order valence-corrected chi connectivity index (χ2v) is 8.51. The summed E-state index contributed by atoms with van der Waals surface area (Å²) in [4.78, 5) is 0. The Morgan fingerprint density at radius 1 is 0.296 bits per heavy atom. The minimum Gasteiger partial charge on any atom is -0.455 e. The van der Waals surface area contributed by atoms with E-state index in [1.165, 1.54) is 77.2 Å². The number of fused-ring (bicyclic) bond motifs is 5. The Labute approximate surface area is 162 Å². The summed E-state index contributed by atoms with van der Waals surface area (Å²) in [7, 11) is 0. The molecule has 1 nitrogen and oxygen atoms in total. The highest BCUT2D eigenvalue weighted by molar-refractivity contribution is 6.20. The summed E-state index contributed by atoms with van der Waals surface area (Å²) < 4.78 is 6.68. The minimum atomic E-state index is 1.07. The van der Waals surface area contributed by atoms with E-state index in [0.717, 1.165) is 11.2 Å². The lowest BCUT2D eigenvalue weighted by atomic mass is 9.85. The fraction of sp³-hybridized carbons (Fsp3) is 0.385. The molecule has 0 saturated carbocycles. The van der Waals surface area contributed by atoms with E-state index in [1.807, 2.05) is 0 Å². The molecule has 0 aliphatic rings. The maximum absolute atomic E-state index is 6.68. The lowest BCUT2D eigenvalue weighted by Gasteiger charge is -2.18. The zero-order chi connectivity index (χ0) is 19.9. The highest BCUT2D eigenvalue weighted by Gasteiger charge is 2.23. The van der Waals surface area contributed by atoms with Gasteiger partial charge in [-0.1, -0.05) is 0 Å². The molecule has 1 aromatic heterocycles. The predicted octanol–water partition coefficient (Wildman–Crippen LogP) is 7.82. The number of benzene rings is 3. The highest BCUT2D eigenvalue weighted by Crippen LogP contribution is 2.45. The van der Waals surface area contributed by atoms with Crippen LogP contribution in [0, 0.1) is 69.2 Å². The van der Waals surface area contributed by atoms with Crippen LogP contribution in [0.1, 0.15) is 55.6 Å². The largest absolute Gasteiger partial charge is 0.455 e. The zero-order valence-electron chi connectivity index (χ0n) is 18.4. The molecule has 0 radical (unpaired) electrons. The molecule has 0 spiro atoms. The molecule has 0 atom stereocenters. The van der Waals surface area contributed by atoms with Gasteiger partial charge in [-0.05, 0) is 130 Å². The van der Waals surface area contributed by atoms with Gasteiger partial charge in [-0.15, -0.1) is 0 Å². The first kappa shape index (κ1) is 18.1. The summed E-state index contributed by atoms with van der Waals surface area (Å²) in [6.07, 6.45) is 0. The smallest absolute Gasteiger partial charge is 0.143 e. The van der Waals surface area contributed by atoms with Gasteiger partial charge in [0, 0.05) is 16.2 Å². The van der Waals surface area contributed by atoms with Crippen LogP contribution in [0.2, 0.25) is 0 Å². The van der Waals surface area contributed by atoms with Crippen molar-refractivity contribution in [3.8, 4) is 0 Å². The first-order chi connectivity index (χ1) is 12.6. The highest BCUT2D eigenvalue weighted by atomic mass is 16.3. The average Bonchev–Trinajstić information content (AvgIpc) is 3.04. The summed E-state index contributed by atoms with van der Waals surface area (Å²) in [5.74, 6) is 0. The second-order valence-electron chi connectivity index (χ2n) is 8.51. The summed E-state index contributed by atoms with van der Waals surface area (Å²) >= 11 is 0. The van der Waals surface area contributed by atoms with E-state index in [9.17, 15) is 0 Å². The van der Waals surface area contributed by atoms with Crippen LogP contribution >= 0.6 is 0 Å². The van der Waals surface area contributed by atoms with E-state index in [-0.39, 0.29) is 0 Å². The van der Waals surface area contributed by atoms with E-state index in [1.54, 1.807) is 0 Å². The molecule has 4 aromatic rings. The van der Waals surface area contributed by atoms with Gasteiger partial charge >= 0.3 is 0 Å². The van der Waals surface area contributed by atoms with Gasteiger partial charge in [-0.3, -0.25) is 0 Å². The second kappa shape index (κ2) is 5.61. The van der Waals surface area contributed by atoms with Crippen LogP contribution in [-0.4, -0.2) is 0 Å². The van der Waals surface area contributed by atoms with Crippen molar-refractivity contribution >= 4 is 32.7 Å². The predicted molar refractivity (Wildman–Crippen MR) is 119 cm³/mol. The van der Waals surface area contributed by atoms with Crippen molar-refractivity contribution in [3.05, 3.63) is 55.6 Å². The van der Waals surface area contributed by atoms with Crippen LogP contribution in [0.5, 0.6) is 0 Å². The van der Waals surface area contributed by atoms with E-state index in [0.29, 0.717) is 0 Å². The zero-order valence-corrected chi connectivity index (χ0v) is 18.4. The van der Waals surface area contributed by atoms with Crippen LogP contribution in [0.3, 0.4) is 0 Å². The Bertz CT molecular complexity index is 1300. The maximum Gasteiger partial charge on any atom is 0.143 e. The molecule has 4 rings (SSSR count). The van der Waals surface area contributed by atoms with Crippen molar-refractivity contribution in [3.63, 3.8) is 0 Å². The van der Waals surface area contributed by atoms with Gasteiger partial charge in [0.2, 0.25) is 0 Å². The lowest BCUT2D eigenvalue weighted by molar-refractivity contribution is 0.668. The Morgan fingerprint density at radius 3 is 1.11 bits per heavy atom. The van der Waals surface area contributed by atoms with E-state index in [2.05, 4.69) is 69.2 Å². The van der Waals surface area contributed by atoms with Crippen LogP contribution in [0.4, 0.5) is 0 Å². The Balaban J connectivity index is 2.47. The van der Waals surface area contributed by atoms with E-state index >= 15 is 0 Å². The number of aryl methyl sites for hydroxylation is 6. The molecule has 27 heavy (non-hydrogen) atoms. The first-order valence-electron chi connectivity index (χ1n) is 9.91. The lowest BCUT2D eigenvalue weighted by Crippen LogP contribution is -1.98. The van der Waals surface area contributed by atoms with Crippen LogP contribution in [0.25, 0.3) is 32.7 Å². The number of hydrogen-bond donors (Lipinski definition) is 0. The Hall–Kier alpha value is -2.28. The Kier molecular flexibility index (Phi) is 3.76. The van der Waals surface area contributed by atoms with Crippen molar-refractivity contribution in [2.75, 3.05) is 0 Å². The SMILES string of the molecule is Cc1c(C)c(C)c2c(oc3c4c(C)c(C)c(C)c(C)c4c(C)c(C)c32)c1C. The number of hydrogen-bond acceptors (Lipinski definition) is 1. The Morgan fingerprint density at radius 2 is 0.593 bits per heavy atom. The van der Waals surface area contributed by atoms with Gasteiger partial charge in [-0.2, -0.15) is 0 Å². The molecule has 0 unspecified atom stereocenters. The maximum atomic E-state index is 6.68. The van der Waals surface area contributed by atoms with Crippen LogP contribution < -0.4 is 0 Å². The summed E-state index contributed by atoms with van der Waals surface area (Å²) in [5, 5.41) is 5.30. The molecule has 3 aromatic carbocycles. The quantitative estimate of drug-likeness (QED) is 0.312. The molecule has 0 aliphatic heterocycles. The molecule has 0 amide bonds. The summed E-state index contributed by atoms with van der Waals surface area (Å²) in [5.41, 5.74) is 15.7. The molecule has 0 fully saturated rings. The molecule has 1 heterocycles. The van der Waals surface area contributed by atoms with Crippen molar-refractivity contribution in [2.45, 2.75) is 69.2 Å². The molecule has 1 heteroatoms. The standard InChI is InChI=1S/C26H30O/c1-11-12(2)16(6)22-21(15(11)5)18(8)19(9)24-23-17(7)13(3)14(4)20(10)25(23)27-26(22)24/h1-10H3. The molecule has 0 aliphatic carbocycles. The van der Waals surface area contributed by atoms with Crippen molar-refractivity contribution in [1.82, 2.24) is 0 Å². The van der Waals surface area contributed by atoms with Gasteiger partial charge in [0.05, 0.1) is 0 Å². The van der Waals surface area contributed by atoms with Gasteiger partial charge in [0.1, 0.15) is 11.2 Å². The molecular formula is C26H30O. The van der Waals surface area contributed by atoms with Crippen LogP contribution in [-0.2, 0) is 0 Å². The fourth-order valence-corrected chi connectivity index (χ4v) is 4.95. The van der Waals surface area contributed by atoms with Gasteiger partial charge in [-0.25, -0.2) is 0 Å². The van der Waals surface area contributed by atoms with E-state index < -0.39 is 0 Å². The van der Waals surface area contributed by atoms with Crippen molar-refractivity contribution in [2.24, 2.45) is 0 Å². The minimum absolute atomic E-state index is 1.07. The summed E-state index contributed by atoms with van der Waals surface area (Å²) in [6, 6.07) is 0. The van der Waals surface area contributed by atoms with Crippen molar-refractivity contribution in [1.29, 1.82) is 0 Å². The third-order valence-corrected chi connectivity index (χ3v) is 7.54. The third-order valence-electron chi connectivity index (χ3n) is 7.54. The van der Waals surface area contributed by atoms with Crippen LogP contribution in [0.15, 0.2) is 4.42 Å². The fourth-order valence-electron chi connectivity index (χ4n) is 4.95. The van der Waals surface area contributed by atoms with Gasteiger partial charge < -0.3 is 4.42 Å². The third kappa shape index (κ3) is 2.06. The molecule has 0 saturated heterocycles.